The van der Waals surface area contributed by atoms with E-state index in [0.717, 1.165) is 25.7 Å². The molecule has 134 valence electrons. The van der Waals surface area contributed by atoms with Crippen LogP contribution in [0.4, 0.5) is 8.78 Å². The third kappa shape index (κ3) is 3.82. The molecule has 0 aromatic rings. The molecule has 24 heavy (non-hydrogen) atoms. The van der Waals surface area contributed by atoms with Gasteiger partial charge in [0.1, 0.15) is 0 Å². The zero-order valence-electron chi connectivity index (χ0n) is 13.8. The van der Waals surface area contributed by atoms with E-state index in [-0.39, 0.29) is 17.4 Å². The topological polar surface area (TPSA) is 59.3 Å². The molecule has 8 heteroatoms. The molecule has 2 radical (unpaired) electrons. The number of nitrogens with one attached hydrogen (secondary N) is 2. The third-order valence-electron chi connectivity index (χ3n) is 5.60. The van der Waals surface area contributed by atoms with Gasteiger partial charge in [0.25, 0.3) is 0 Å². The van der Waals surface area contributed by atoms with Crippen molar-refractivity contribution < 1.29 is 13.5 Å². The molecule has 1 aliphatic heterocycles. The number of hydrogen-bond donors (Lipinski definition) is 4. The lowest BCUT2D eigenvalue weighted by Gasteiger charge is -2.45. The molecule has 0 spiro atoms. The highest BCUT2D eigenvalue weighted by atomic mass is 32.1. The van der Waals surface area contributed by atoms with Crippen LogP contribution in [0.5, 0.6) is 0 Å². The van der Waals surface area contributed by atoms with E-state index >= 15 is 0 Å². The van der Waals surface area contributed by atoms with Crippen molar-refractivity contribution in [1.82, 2.24) is 10.6 Å². The summed E-state index contributed by atoms with van der Waals surface area (Å²) in [6, 6.07) is 0. The zero-order valence-corrected chi connectivity index (χ0v) is 14.7. The largest absolute Gasteiger partial charge is 0.345 e. The number of ether oxygens (including phenoxy) is 1. The second-order valence-electron chi connectivity index (χ2n) is 7.21. The predicted octanol–water partition coefficient (Wildman–Crippen LogP) is 2.28. The molecule has 3 rings (SSSR count). The van der Waals surface area contributed by atoms with Crippen molar-refractivity contribution in [1.29, 1.82) is 0 Å². The van der Waals surface area contributed by atoms with E-state index in [1.165, 1.54) is 5.57 Å². The van der Waals surface area contributed by atoms with Gasteiger partial charge in [-0.2, -0.15) is 21.4 Å². The van der Waals surface area contributed by atoms with E-state index in [4.69, 9.17) is 13.6 Å². The Bertz CT molecular complexity index is 472. The van der Waals surface area contributed by atoms with Gasteiger partial charge in [-0.05, 0) is 37.2 Å². The molecular weight excluding hydrogens is 331 g/mol. The maximum Gasteiger partial charge on any atom is 0.345 e. The van der Waals surface area contributed by atoms with Crippen molar-refractivity contribution in [3.05, 3.63) is 11.6 Å². The molecule has 0 amide bonds. The lowest BCUT2D eigenvalue weighted by Crippen LogP contribution is -2.59. The van der Waals surface area contributed by atoms with Crippen molar-refractivity contribution in [2.75, 3.05) is 0 Å². The van der Waals surface area contributed by atoms with Crippen molar-refractivity contribution in [2.24, 2.45) is 11.7 Å². The number of halogens is 2. The number of rotatable bonds is 4. The Kier molecular flexibility index (Phi) is 5.92. The highest BCUT2D eigenvalue weighted by molar-refractivity contribution is 7.81. The number of hydrogen-bond acceptors (Lipinski definition) is 5. The van der Waals surface area contributed by atoms with Crippen LogP contribution in [0.2, 0.25) is 5.82 Å². The van der Waals surface area contributed by atoms with E-state index in [2.05, 4.69) is 28.0 Å². The summed E-state index contributed by atoms with van der Waals surface area (Å²) in [5.41, 5.74) is 6.91. The number of thiol groups is 1. The molecule has 2 fully saturated rings. The van der Waals surface area contributed by atoms with Crippen LogP contribution in [0.1, 0.15) is 44.9 Å². The van der Waals surface area contributed by atoms with Crippen LogP contribution in [-0.4, -0.2) is 37.8 Å². The smallest absolute Gasteiger partial charge is 0.319 e. The lowest BCUT2D eigenvalue weighted by atomic mass is 9.65. The summed E-state index contributed by atoms with van der Waals surface area (Å²) in [6.07, 6.45) is 7.27. The Balaban J connectivity index is 1.80. The van der Waals surface area contributed by atoms with Crippen molar-refractivity contribution >= 4 is 20.5 Å². The average Bonchev–Trinajstić information content (AvgIpc) is 2.84. The summed E-state index contributed by atoms with van der Waals surface area (Å²) in [5, 5.41) is 6.90. The molecule has 4 N–H and O–H groups in total. The zero-order chi connectivity index (χ0) is 17.3. The fourth-order valence-corrected chi connectivity index (χ4v) is 4.73. The van der Waals surface area contributed by atoms with E-state index in [1.54, 1.807) is 0 Å². The number of alkyl halides is 2. The van der Waals surface area contributed by atoms with E-state index in [9.17, 15) is 8.78 Å². The van der Waals surface area contributed by atoms with Gasteiger partial charge in [-0.25, -0.2) is 0 Å². The van der Waals surface area contributed by atoms with Crippen molar-refractivity contribution in [3.63, 3.8) is 0 Å². The molecule has 1 saturated carbocycles. The summed E-state index contributed by atoms with van der Waals surface area (Å²) in [4.78, 5) is 0. The fraction of sp³-hybridized carbons (Fsp3) is 0.875. The van der Waals surface area contributed by atoms with Crippen LogP contribution < -0.4 is 16.4 Å². The molecule has 3 aliphatic rings. The van der Waals surface area contributed by atoms with Crippen LogP contribution >= 0.6 is 12.6 Å². The summed E-state index contributed by atoms with van der Waals surface area (Å²) in [6.45, 7) is -2.71. The predicted molar refractivity (Wildman–Crippen MR) is 94.0 cm³/mol. The average molecular weight is 357 g/mol. The molecule has 1 heterocycles. The summed E-state index contributed by atoms with van der Waals surface area (Å²) < 4.78 is 29.5. The van der Waals surface area contributed by atoms with Gasteiger partial charge in [-0.3, -0.25) is 10.6 Å². The highest BCUT2D eigenvalue weighted by Crippen LogP contribution is 2.44. The molecule has 1 saturated heterocycles. The second kappa shape index (κ2) is 7.62. The first-order chi connectivity index (χ1) is 11.4. The summed E-state index contributed by atoms with van der Waals surface area (Å²) in [7, 11) is 6.20. The minimum absolute atomic E-state index is 0.154. The SMILES string of the molecule is [B]C1CCCC(C2(C3=CCC(OC(F)F)CC3)NC(N)C(S)N2)C1. The standard InChI is InChI=1S/C16H26BF2N3OS/c17-11-3-1-2-10(8-11)16(21-13(20)14(24)22-16)9-4-6-12(7-5-9)23-15(18)19/h4,10-15,21-22,24H,1-3,5-8,20H2. The van der Waals surface area contributed by atoms with Gasteiger partial charge in [0.05, 0.1) is 31.2 Å². The summed E-state index contributed by atoms with van der Waals surface area (Å²) >= 11 is 4.54. The van der Waals surface area contributed by atoms with E-state index in [1.807, 2.05) is 6.08 Å². The first kappa shape index (κ1) is 18.6. The van der Waals surface area contributed by atoms with Gasteiger partial charge < -0.3 is 10.5 Å². The van der Waals surface area contributed by atoms with Gasteiger partial charge in [-0.1, -0.05) is 31.2 Å². The van der Waals surface area contributed by atoms with Crippen LogP contribution in [-0.2, 0) is 4.74 Å². The molecule has 6 unspecified atom stereocenters. The molecular formula is C16H26BF2N3OS. The van der Waals surface area contributed by atoms with Crippen molar-refractivity contribution in [3.8, 4) is 0 Å². The molecule has 0 bridgehead atoms. The van der Waals surface area contributed by atoms with E-state index in [0.29, 0.717) is 25.2 Å². The molecule has 0 aromatic carbocycles. The quantitative estimate of drug-likeness (QED) is 0.354. The molecule has 4 nitrogen and oxygen atoms in total. The summed E-state index contributed by atoms with van der Waals surface area (Å²) in [5.74, 6) is 0.516. The Morgan fingerprint density at radius 2 is 2.12 bits per heavy atom. The first-order valence-electron chi connectivity index (χ1n) is 8.78. The van der Waals surface area contributed by atoms with Gasteiger partial charge in [0.2, 0.25) is 0 Å². The molecule has 6 atom stereocenters. The lowest BCUT2D eigenvalue weighted by molar-refractivity contribution is -0.164. The van der Waals surface area contributed by atoms with Crippen LogP contribution in [0.3, 0.4) is 0 Å². The van der Waals surface area contributed by atoms with Crippen LogP contribution in [0, 0.1) is 5.92 Å². The second-order valence-corrected chi connectivity index (χ2v) is 7.77. The minimum Gasteiger partial charge on any atom is -0.319 e. The minimum atomic E-state index is -2.71. The van der Waals surface area contributed by atoms with Gasteiger partial charge in [-0.15, -0.1) is 0 Å². The van der Waals surface area contributed by atoms with Gasteiger partial charge >= 0.3 is 6.61 Å². The van der Waals surface area contributed by atoms with Gasteiger partial charge in [0, 0.05) is 0 Å². The Morgan fingerprint density at radius 3 is 2.67 bits per heavy atom. The maximum absolute atomic E-state index is 12.4. The fourth-order valence-electron chi connectivity index (χ4n) is 4.45. The van der Waals surface area contributed by atoms with Crippen LogP contribution in [0.25, 0.3) is 0 Å². The maximum atomic E-state index is 12.4. The first-order valence-corrected chi connectivity index (χ1v) is 9.30. The van der Waals surface area contributed by atoms with E-state index < -0.39 is 18.4 Å². The van der Waals surface area contributed by atoms with Gasteiger partial charge in [0.15, 0.2) is 0 Å². The van der Waals surface area contributed by atoms with Crippen LogP contribution in [0.15, 0.2) is 11.6 Å². The third-order valence-corrected chi connectivity index (χ3v) is 6.05. The monoisotopic (exact) mass is 357 g/mol. The molecule has 2 aliphatic carbocycles. The normalized spacial score (nSPS) is 43.9. The Morgan fingerprint density at radius 1 is 1.33 bits per heavy atom. The number of nitrogens with two attached hydrogens (primary N) is 1. The highest BCUT2D eigenvalue weighted by Gasteiger charge is 2.50. The Labute approximate surface area is 149 Å². The Hall–Kier alpha value is -0.145. The molecule has 0 aromatic heterocycles. The van der Waals surface area contributed by atoms with Crippen molar-refractivity contribution in [2.45, 2.75) is 80.7 Å².